The maximum Gasteiger partial charge on any atom is 0.213 e. The summed E-state index contributed by atoms with van der Waals surface area (Å²) < 4.78 is 28.6. The Labute approximate surface area is 121 Å². The van der Waals surface area contributed by atoms with Gasteiger partial charge in [-0.3, -0.25) is 4.68 Å². The number of hydrogen-bond donors (Lipinski definition) is 1. The Bertz CT molecular complexity index is 488. The normalized spacial score (nSPS) is 24.1. The number of nitrogens with zero attached hydrogens (tertiary/aromatic N) is 2. The van der Waals surface area contributed by atoms with Crippen LogP contribution in [0.2, 0.25) is 0 Å². The van der Waals surface area contributed by atoms with E-state index in [0.29, 0.717) is 12.5 Å². The summed E-state index contributed by atoms with van der Waals surface area (Å²) in [7, 11) is -3.21. The molecule has 0 atom stereocenters. The number of aryl methyl sites for hydroxylation is 1. The molecule has 20 heavy (non-hydrogen) atoms. The molecule has 1 aliphatic rings. The third kappa shape index (κ3) is 4.59. The number of rotatable bonds is 6. The van der Waals surface area contributed by atoms with E-state index in [2.05, 4.69) is 23.7 Å². The molecule has 1 aromatic rings. The van der Waals surface area contributed by atoms with Crippen molar-refractivity contribution in [2.24, 2.45) is 11.8 Å². The van der Waals surface area contributed by atoms with Gasteiger partial charge in [-0.25, -0.2) is 13.1 Å². The van der Waals surface area contributed by atoms with Crippen LogP contribution in [0.1, 0.15) is 39.5 Å². The number of sulfonamides is 1. The summed E-state index contributed by atoms with van der Waals surface area (Å²) >= 11 is 0. The number of aromatic nitrogens is 2. The summed E-state index contributed by atoms with van der Waals surface area (Å²) in [6, 6.07) is 1.92. The SMILES string of the molecule is CC(C)C1CCC(NS(=O)(=O)CCn2cccn2)CC1. The molecule has 0 aliphatic heterocycles. The molecule has 6 heteroatoms. The van der Waals surface area contributed by atoms with Gasteiger partial charge in [0.1, 0.15) is 0 Å². The van der Waals surface area contributed by atoms with Gasteiger partial charge in [0, 0.05) is 18.4 Å². The Balaban J connectivity index is 1.77. The number of nitrogens with one attached hydrogen (secondary N) is 1. The van der Waals surface area contributed by atoms with Gasteiger partial charge in [0.15, 0.2) is 0 Å². The lowest BCUT2D eigenvalue weighted by Crippen LogP contribution is -2.40. The van der Waals surface area contributed by atoms with E-state index >= 15 is 0 Å². The van der Waals surface area contributed by atoms with E-state index in [1.165, 1.54) is 0 Å². The molecule has 1 saturated carbocycles. The average molecular weight is 299 g/mol. The van der Waals surface area contributed by atoms with Crippen LogP contribution >= 0.6 is 0 Å². The lowest BCUT2D eigenvalue weighted by molar-refractivity contribution is 0.252. The Morgan fingerprint density at radius 2 is 2.00 bits per heavy atom. The molecule has 0 bridgehead atoms. The van der Waals surface area contributed by atoms with E-state index < -0.39 is 10.0 Å². The maximum absolute atomic E-state index is 12.1. The van der Waals surface area contributed by atoms with Crippen LogP contribution in [0, 0.1) is 11.8 Å². The smallest absolute Gasteiger partial charge is 0.213 e. The summed E-state index contributed by atoms with van der Waals surface area (Å²) in [5.74, 6) is 1.55. The molecule has 5 nitrogen and oxygen atoms in total. The van der Waals surface area contributed by atoms with Gasteiger partial charge >= 0.3 is 0 Å². The molecule has 1 N–H and O–H groups in total. The minimum absolute atomic E-state index is 0.0960. The highest BCUT2D eigenvalue weighted by Gasteiger charge is 2.26. The van der Waals surface area contributed by atoms with Gasteiger partial charge < -0.3 is 0 Å². The molecule has 2 rings (SSSR count). The van der Waals surface area contributed by atoms with Crippen molar-refractivity contribution >= 4 is 10.0 Å². The van der Waals surface area contributed by atoms with Gasteiger partial charge in [0.2, 0.25) is 10.0 Å². The van der Waals surface area contributed by atoms with E-state index in [0.717, 1.165) is 31.6 Å². The highest BCUT2D eigenvalue weighted by Crippen LogP contribution is 2.30. The highest BCUT2D eigenvalue weighted by atomic mass is 32.2. The van der Waals surface area contributed by atoms with Crippen molar-refractivity contribution in [3.8, 4) is 0 Å². The molecule has 0 spiro atoms. The van der Waals surface area contributed by atoms with E-state index in [1.807, 2.05) is 0 Å². The van der Waals surface area contributed by atoms with Gasteiger partial charge in [0.05, 0.1) is 12.3 Å². The molecule has 1 heterocycles. The van der Waals surface area contributed by atoms with Crippen molar-refractivity contribution in [3.63, 3.8) is 0 Å². The Morgan fingerprint density at radius 1 is 1.30 bits per heavy atom. The fraction of sp³-hybridized carbons (Fsp3) is 0.786. The Kier molecular flexibility index (Phi) is 5.21. The van der Waals surface area contributed by atoms with Gasteiger partial charge in [0.25, 0.3) is 0 Å². The monoisotopic (exact) mass is 299 g/mol. The molecule has 114 valence electrons. The lowest BCUT2D eigenvalue weighted by Gasteiger charge is -2.31. The van der Waals surface area contributed by atoms with E-state index in [-0.39, 0.29) is 11.8 Å². The zero-order valence-electron chi connectivity index (χ0n) is 12.3. The van der Waals surface area contributed by atoms with Crippen molar-refractivity contribution < 1.29 is 8.42 Å². The predicted octanol–water partition coefficient (Wildman–Crippen LogP) is 2.02. The molecule has 1 aromatic heterocycles. The molecule has 0 saturated heterocycles. The zero-order valence-corrected chi connectivity index (χ0v) is 13.1. The first kappa shape index (κ1) is 15.5. The standard InChI is InChI=1S/C14H25N3O2S/c1-12(2)13-4-6-14(7-5-13)16-20(18,19)11-10-17-9-3-8-15-17/h3,8-9,12-14,16H,4-7,10-11H2,1-2H3. The van der Waals surface area contributed by atoms with Crippen LogP contribution in [0.4, 0.5) is 0 Å². The first-order valence-electron chi connectivity index (χ1n) is 7.44. The van der Waals surface area contributed by atoms with Crippen molar-refractivity contribution in [2.75, 3.05) is 5.75 Å². The van der Waals surface area contributed by atoms with Crippen LogP contribution in [0.15, 0.2) is 18.5 Å². The van der Waals surface area contributed by atoms with Crippen LogP contribution in [0.5, 0.6) is 0 Å². The van der Waals surface area contributed by atoms with Crippen molar-refractivity contribution in [1.82, 2.24) is 14.5 Å². The molecule has 1 aliphatic carbocycles. The van der Waals surface area contributed by atoms with Crippen molar-refractivity contribution in [2.45, 2.75) is 52.1 Å². The average Bonchev–Trinajstić information content (AvgIpc) is 2.90. The Morgan fingerprint density at radius 3 is 2.55 bits per heavy atom. The number of hydrogen-bond acceptors (Lipinski definition) is 3. The predicted molar refractivity (Wildman–Crippen MR) is 79.7 cm³/mol. The minimum atomic E-state index is -3.21. The van der Waals surface area contributed by atoms with E-state index in [4.69, 9.17) is 0 Å². The van der Waals surface area contributed by atoms with Crippen molar-refractivity contribution in [1.29, 1.82) is 0 Å². The third-order valence-electron chi connectivity index (χ3n) is 4.21. The van der Waals surface area contributed by atoms with Crippen LogP contribution in [0.3, 0.4) is 0 Å². The fourth-order valence-electron chi connectivity index (χ4n) is 2.86. The Hall–Kier alpha value is -0.880. The molecule has 0 unspecified atom stereocenters. The van der Waals surface area contributed by atoms with E-state index in [9.17, 15) is 8.42 Å². The summed E-state index contributed by atoms with van der Waals surface area (Å²) in [6.45, 7) is 4.90. The molecule has 1 fully saturated rings. The van der Waals surface area contributed by atoms with Crippen molar-refractivity contribution in [3.05, 3.63) is 18.5 Å². The fourth-order valence-corrected chi connectivity index (χ4v) is 4.15. The second-order valence-corrected chi connectivity index (χ2v) is 7.94. The first-order chi connectivity index (χ1) is 9.46. The van der Waals surface area contributed by atoms with E-state index in [1.54, 1.807) is 23.1 Å². The second kappa shape index (κ2) is 6.72. The quantitative estimate of drug-likeness (QED) is 0.874. The second-order valence-electron chi connectivity index (χ2n) is 6.06. The molecular formula is C14H25N3O2S. The zero-order chi connectivity index (χ0) is 14.6. The van der Waals surface area contributed by atoms with Crippen LogP contribution < -0.4 is 4.72 Å². The van der Waals surface area contributed by atoms with Crippen LogP contribution in [-0.4, -0.2) is 30.0 Å². The van der Waals surface area contributed by atoms with Gasteiger partial charge in [-0.05, 0) is 43.6 Å². The molecule has 0 radical (unpaired) electrons. The summed E-state index contributed by atoms with van der Waals surface area (Å²) in [4.78, 5) is 0. The largest absolute Gasteiger partial charge is 0.272 e. The summed E-state index contributed by atoms with van der Waals surface area (Å²) in [5.41, 5.74) is 0. The van der Waals surface area contributed by atoms with Gasteiger partial charge in [-0.1, -0.05) is 13.8 Å². The maximum atomic E-state index is 12.1. The minimum Gasteiger partial charge on any atom is -0.272 e. The first-order valence-corrected chi connectivity index (χ1v) is 9.09. The topological polar surface area (TPSA) is 64.0 Å². The summed E-state index contributed by atoms with van der Waals surface area (Å²) in [6.07, 6.45) is 7.62. The highest BCUT2D eigenvalue weighted by molar-refractivity contribution is 7.89. The molecule has 0 aromatic carbocycles. The van der Waals surface area contributed by atoms with Crippen LogP contribution in [0.25, 0.3) is 0 Å². The van der Waals surface area contributed by atoms with Crippen LogP contribution in [-0.2, 0) is 16.6 Å². The molecule has 0 amide bonds. The molecular weight excluding hydrogens is 274 g/mol. The van der Waals surface area contributed by atoms with Gasteiger partial charge in [-0.2, -0.15) is 5.10 Å². The van der Waals surface area contributed by atoms with Gasteiger partial charge in [-0.15, -0.1) is 0 Å². The lowest BCUT2D eigenvalue weighted by atomic mass is 9.80. The summed E-state index contributed by atoms with van der Waals surface area (Å²) in [5, 5.41) is 4.02. The third-order valence-corrected chi connectivity index (χ3v) is 5.62.